The van der Waals surface area contributed by atoms with E-state index in [4.69, 9.17) is 5.73 Å². The fourth-order valence-corrected chi connectivity index (χ4v) is 2.58. The van der Waals surface area contributed by atoms with Crippen LogP contribution in [-0.2, 0) is 4.79 Å². The van der Waals surface area contributed by atoms with Crippen LogP contribution >= 0.6 is 0 Å². The summed E-state index contributed by atoms with van der Waals surface area (Å²) in [5.74, 6) is -0.488. The normalized spacial score (nSPS) is 34.9. The van der Waals surface area contributed by atoms with Gasteiger partial charge in [0.1, 0.15) is 5.54 Å². The predicted octanol–water partition coefficient (Wildman–Crippen LogP) is 0.990. The first-order valence-electron chi connectivity index (χ1n) is 5.27. The van der Waals surface area contributed by atoms with E-state index in [1.165, 1.54) is 18.7 Å². The Hall–Kier alpha value is -0.780. The maximum absolute atomic E-state index is 12.7. The van der Waals surface area contributed by atoms with Crippen LogP contribution in [0.5, 0.6) is 0 Å². The number of carbonyl (C=O) groups is 1. The molecule has 16 heavy (non-hydrogen) atoms. The lowest BCUT2D eigenvalue weighted by Gasteiger charge is -2.38. The molecule has 0 bridgehead atoms. The van der Waals surface area contributed by atoms with Gasteiger partial charge in [-0.2, -0.15) is 13.2 Å². The highest BCUT2D eigenvalue weighted by atomic mass is 19.4. The highest BCUT2D eigenvalue weighted by Gasteiger charge is 2.63. The summed E-state index contributed by atoms with van der Waals surface area (Å²) in [5, 5.41) is 0. The molecular formula is C10H15F3N2O. The van der Waals surface area contributed by atoms with Gasteiger partial charge in [-0.05, 0) is 25.7 Å². The molecule has 2 N–H and O–H groups in total. The Morgan fingerprint density at radius 1 is 1.25 bits per heavy atom. The quantitative estimate of drug-likeness (QED) is 0.777. The van der Waals surface area contributed by atoms with E-state index in [1.807, 2.05) is 0 Å². The van der Waals surface area contributed by atoms with Crippen molar-refractivity contribution in [2.24, 2.45) is 23.5 Å². The third-order valence-electron chi connectivity index (χ3n) is 4.01. The Morgan fingerprint density at radius 2 is 1.69 bits per heavy atom. The monoisotopic (exact) mass is 236 g/mol. The number of likely N-dealkylation sites (tertiary alicyclic amines) is 1. The molecule has 1 saturated heterocycles. The first kappa shape index (κ1) is 11.7. The van der Waals surface area contributed by atoms with Gasteiger partial charge in [0.15, 0.2) is 0 Å². The van der Waals surface area contributed by atoms with Gasteiger partial charge in [-0.25, -0.2) is 0 Å². The van der Waals surface area contributed by atoms with E-state index in [1.54, 1.807) is 0 Å². The summed E-state index contributed by atoms with van der Waals surface area (Å²) in [6.45, 7) is 3.00. The number of halogens is 3. The Labute approximate surface area is 91.8 Å². The Kier molecular flexibility index (Phi) is 2.28. The third kappa shape index (κ3) is 1.50. The molecule has 3 nitrogen and oxygen atoms in total. The van der Waals surface area contributed by atoms with Gasteiger partial charge in [0, 0.05) is 19.0 Å². The summed E-state index contributed by atoms with van der Waals surface area (Å²) in [5.41, 5.74) is 3.33. The van der Waals surface area contributed by atoms with E-state index in [9.17, 15) is 18.0 Å². The molecule has 0 aromatic heterocycles. The smallest absolute Gasteiger partial charge is 0.369 e. The van der Waals surface area contributed by atoms with Crippen molar-refractivity contribution >= 4 is 5.91 Å². The van der Waals surface area contributed by atoms with Crippen LogP contribution in [0.2, 0.25) is 0 Å². The minimum atomic E-state index is -4.24. The molecule has 0 radical (unpaired) electrons. The summed E-state index contributed by atoms with van der Waals surface area (Å²) in [7, 11) is 0. The summed E-state index contributed by atoms with van der Waals surface area (Å²) in [6.07, 6.45) is -4.24. The predicted molar refractivity (Wildman–Crippen MR) is 51.4 cm³/mol. The van der Waals surface area contributed by atoms with Gasteiger partial charge in [-0.1, -0.05) is 0 Å². The van der Waals surface area contributed by atoms with Crippen molar-refractivity contribution in [3.8, 4) is 0 Å². The van der Waals surface area contributed by atoms with E-state index >= 15 is 0 Å². The van der Waals surface area contributed by atoms with Crippen molar-refractivity contribution in [2.75, 3.05) is 13.1 Å². The number of fused-ring (bicyclic) bond motifs is 1. The maximum atomic E-state index is 12.7. The summed E-state index contributed by atoms with van der Waals surface area (Å²) < 4.78 is 38.2. The molecule has 1 heterocycles. The summed E-state index contributed by atoms with van der Waals surface area (Å²) >= 11 is 0. The minimum absolute atomic E-state index is 0.0409. The van der Waals surface area contributed by atoms with Crippen molar-refractivity contribution in [1.82, 2.24) is 4.90 Å². The maximum Gasteiger partial charge on any atom is 0.406 e. The van der Waals surface area contributed by atoms with Crippen LogP contribution < -0.4 is 5.73 Å². The average Bonchev–Trinajstić information content (AvgIpc) is 2.60. The number of rotatable bonds is 2. The molecule has 1 aliphatic heterocycles. The largest absolute Gasteiger partial charge is 0.406 e. The van der Waals surface area contributed by atoms with Gasteiger partial charge < -0.3 is 5.73 Å². The van der Waals surface area contributed by atoms with Gasteiger partial charge >= 0.3 is 6.18 Å². The number of hydrogen-bond donors (Lipinski definition) is 1. The Morgan fingerprint density at radius 3 is 2.00 bits per heavy atom. The van der Waals surface area contributed by atoms with Crippen molar-refractivity contribution in [3.63, 3.8) is 0 Å². The minimum Gasteiger partial charge on any atom is -0.369 e. The topological polar surface area (TPSA) is 46.3 Å². The molecule has 2 aliphatic rings. The SMILES string of the molecule is CC(C)(N1CC2C(C1)C2C(N)=O)C(F)(F)F. The zero-order chi connectivity index (χ0) is 12.3. The van der Waals surface area contributed by atoms with Crippen molar-refractivity contribution in [2.45, 2.75) is 25.6 Å². The molecule has 1 saturated carbocycles. The third-order valence-corrected chi connectivity index (χ3v) is 4.01. The summed E-state index contributed by atoms with van der Waals surface area (Å²) in [4.78, 5) is 12.3. The zero-order valence-electron chi connectivity index (χ0n) is 9.21. The highest BCUT2D eigenvalue weighted by Crippen LogP contribution is 2.54. The molecule has 0 aromatic carbocycles. The number of primary amides is 1. The molecule has 92 valence electrons. The molecule has 6 heteroatoms. The Bertz CT molecular complexity index is 315. The van der Waals surface area contributed by atoms with Crippen LogP contribution in [0.4, 0.5) is 13.2 Å². The standard InChI is InChI=1S/C10H15F3N2O/c1-9(2,10(11,12)13)15-3-5-6(4-15)7(5)8(14)16/h5-7H,3-4H2,1-2H3,(H2,14,16). The molecule has 2 fully saturated rings. The second-order valence-electron chi connectivity index (χ2n) is 5.22. The van der Waals surface area contributed by atoms with Crippen molar-refractivity contribution < 1.29 is 18.0 Å². The molecule has 0 aromatic rings. The number of nitrogens with two attached hydrogens (primary N) is 1. The number of nitrogens with zero attached hydrogens (tertiary/aromatic N) is 1. The number of hydrogen-bond acceptors (Lipinski definition) is 2. The van der Waals surface area contributed by atoms with Crippen LogP contribution in [0.3, 0.4) is 0 Å². The fourth-order valence-electron chi connectivity index (χ4n) is 2.58. The molecular weight excluding hydrogens is 221 g/mol. The highest BCUT2D eigenvalue weighted by molar-refractivity contribution is 5.80. The van der Waals surface area contributed by atoms with Crippen LogP contribution in [0, 0.1) is 17.8 Å². The van der Waals surface area contributed by atoms with Gasteiger partial charge in [0.2, 0.25) is 5.91 Å². The second-order valence-corrected chi connectivity index (χ2v) is 5.22. The lowest BCUT2D eigenvalue weighted by Crippen LogP contribution is -2.54. The molecule has 2 unspecified atom stereocenters. The van der Waals surface area contributed by atoms with Crippen molar-refractivity contribution in [1.29, 1.82) is 0 Å². The molecule has 2 atom stereocenters. The van der Waals surface area contributed by atoms with Gasteiger partial charge in [0.05, 0.1) is 0 Å². The number of piperidine rings is 1. The van der Waals surface area contributed by atoms with Gasteiger partial charge in [0.25, 0.3) is 0 Å². The van der Waals surface area contributed by atoms with Crippen LogP contribution in [0.15, 0.2) is 0 Å². The van der Waals surface area contributed by atoms with Crippen LogP contribution in [0.25, 0.3) is 0 Å². The molecule has 1 aliphatic carbocycles. The number of carbonyl (C=O) groups excluding carboxylic acids is 1. The number of alkyl halides is 3. The first-order chi connectivity index (χ1) is 7.16. The van der Waals surface area contributed by atoms with Crippen LogP contribution in [-0.4, -0.2) is 35.6 Å². The van der Waals surface area contributed by atoms with E-state index in [-0.39, 0.29) is 23.7 Å². The van der Waals surface area contributed by atoms with Crippen LogP contribution in [0.1, 0.15) is 13.8 Å². The van der Waals surface area contributed by atoms with E-state index in [2.05, 4.69) is 0 Å². The molecule has 0 spiro atoms. The first-order valence-corrected chi connectivity index (χ1v) is 5.27. The van der Waals surface area contributed by atoms with Gasteiger partial charge in [-0.15, -0.1) is 0 Å². The van der Waals surface area contributed by atoms with Gasteiger partial charge in [-0.3, -0.25) is 9.69 Å². The zero-order valence-corrected chi connectivity index (χ0v) is 9.21. The Balaban J connectivity index is 2.01. The average molecular weight is 236 g/mol. The van der Waals surface area contributed by atoms with E-state index in [0.717, 1.165) is 0 Å². The molecule has 1 amide bonds. The second kappa shape index (κ2) is 3.12. The lowest BCUT2D eigenvalue weighted by molar-refractivity contribution is -0.219. The van der Waals surface area contributed by atoms with Crippen molar-refractivity contribution in [3.05, 3.63) is 0 Å². The molecule has 2 rings (SSSR count). The fraction of sp³-hybridized carbons (Fsp3) is 0.900. The lowest BCUT2D eigenvalue weighted by atomic mass is 10.0. The van der Waals surface area contributed by atoms with E-state index < -0.39 is 11.7 Å². The number of amides is 1. The van der Waals surface area contributed by atoms with E-state index in [0.29, 0.717) is 13.1 Å². The summed E-state index contributed by atoms with van der Waals surface area (Å²) in [6, 6.07) is 0.